The molecule has 1 aromatic heterocycles. The summed E-state index contributed by atoms with van der Waals surface area (Å²) >= 11 is 0. The summed E-state index contributed by atoms with van der Waals surface area (Å²) in [6.45, 7) is 8.35. The molecule has 1 aromatic carbocycles. The van der Waals surface area contributed by atoms with Crippen LogP contribution in [0.2, 0.25) is 0 Å². The lowest BCUT2D eigenvalue weighted by molar-refractivity contribution is -0.0954. The molecule has 0 aliphatic carbocycles. The van der Waals surface area contributed by atoms with Crippen molar-refractivity contribution < 1.29 is 14.2 Å². The molecule has 0 amide bonds. The lowest BCUT2D eigenvalue weighted by Gasteiger charge is -2.19. The number of para-hydroxylation sites is 1. The van der Waals surface area contributed by atoms with E-state index in [9.17, 15) is 0 Å². The number of nitrogens with zero attached hydrogens (tertiary/aromatic N) is 2. The van der Waals surface area contributed by atoms with Crippen LogP contribution in [0.4, 0.5) is 0 Å². The van der Waals surface area contributed by atoms with Gasteiger partial charge in [-0.25, -0.2) is 4.98 Å². The van der Waals surface area contributed by atoms with Crippen molar-refractivity contribution in [3.8, 4) is 0 Å². The third-order valence-corrected chi connectivity index (χ3v) is 4.48. The lowest BCUT2D eigenvalue weighted by atomic mass is 10.1. The van der Waals surface area contributed by atoms with Crippen molar-refractivity contribution in [1.29, 1.82) is 0 Å². The van der Waals surface area contributed by atoms with Crippen molar-refractivity contribution in [2.75, 3.05) is 40.0 Å². The SMILES string of the molecule is CCN(CC)CCOC1O/C(=C\COC)c2nc3ccccc3cc21. The second-order valence-corrected chi connectivity index (χ2v) is 5.99. The fraction of sp³-hybridized carbons (Fsp3) is 0.450. The highest BCUT2D eigenvalue weighted by Gasteiger charge is 2.30. The largest absolute Gasteiger partial charge is 0.458 e. The number of ether oxygens (including phenoxy) is 3. The molecule has 0 saturated heterocycles. The minimum absolute atomic E-state index is 0.411. The summed E-state index contributed by atoms with van der Waals surface area (Å²) in [5.74, 6) is 0.732. The zero-order valence-electron chi connectivity index (χ0n) is 15.2. The van der Waals surface area contributed by atoms with Crippen LogP contribution in [0.5, 0.6) is 0 Å². The van der Waals surface area contributed by atoms with E-state index in [2.05, 4.69) is 30.9 Å². The number of benzene rings is 1. The van der Waals surface area contributed by atoms with E-state index in [0.717, 1.165) is 47.6 Å². The molecule has 2 aromatic rings. The Morgan fingerprint density at radius 3 is 2.80 bits per heavy atom. The number of hydrogen-bond donors (Lipinski definition) is 0. The maximum Gasteiger partial charge on any atom is 0.229 e. The van der Waals surface area contributed by atoms with Crippen LogP contribution in [0.1, 0.15) is 31.4 Å². The molecule has 25 heavy (non-hydrogen) atoms. The van der Waals surface area contributed by atoms with Crippen LogP contribution in [0.15, 0.2) is 36.4 Å². The highest BCUT2D eigenvalue weighted by molar-refractivity contribution is 5.82. The summed E-state index contributed by atoms with van der Waals surface area (Å²) in [5.41, 5.74) is 2.79. The molecule has 1 aliphatic heterocycles. The van der Waals surface area contributed by atoms with Gasteiger partial charge in [-0.1, -0.05) is 32.0 Å². The quantitative estimate of drug-likeness (QED) is 0.733. The molecule has 1 aliphatic rings. The van der Waals surface area contributed by atoms with Crippen LogP contribution in [-0.2, 0) is 14.2 Å². The molecule has 5 heteroatoms. The number of aromatic nitrogens is 1. The van der Waals surface area contributed by atoms with Gasteiger partial charge in [-0.3, -0.25) is 0 Å². The molecule has 5 nitrogen and oxygen atoms in total. The van der Waals surface area contributed by atoms with Gasteiger partial charge in [0, 0.05) is 19.0 Å². The van der Waals surface area contributed by atoms with Gasteiger partial charge in [0.25, 0.3) is 0 Å². The fourth-order valence-corrected chi connectivity index (χ4v) is 3.00. The van der Waals surface area contributed by atoms with Gasteiger partial charge in [0.1, 0.15) is 11.5 Å². The first-order valence-electron chi connectivity index (χ1n) is 8.86. The van der Waals surface area contributed by atoms with Crippen LogP contribution < -0.4 is 0 Å². The van der Waals surface area contributed by atoms with E-state index < -0.39 is 6.29 Å². The maximum absolute atomic E-state index is 6.04. The van der Waals surface area contributed by atoms with Crippen molar-refractivity contribution in [1.82, 2.24) is 9.88 Å². The number of hydrogen-bond acceptors (Lipinski definition) is 5. The molecule has 1 atom stereocenters. The second-order valence-electron chi connectivity index (χ2n) is 5.99. The normalized spacial score (nSPS) is 18.1. The standard InChI is InChI=1S/C20H26N2O3/c1-4-22(5-2)11-13-24-20-16-14-15-8-6-7-9-17(15)21-19(16)18(25-20)10-12-23-3/h6-10,14,20H,4-5,11-13H2,1-3H3/b18-10-. The predicted octanol–water partition coefficient (Wildman–Crippen LogP) is 3.61. The average Bonchev–Trinajstić information content (AvgIpc) is 2.98. The van der Waals surface area contributed by atoms with Crippen LogP contribution >= 0.6 is 0 Å². The predicted molar refractivity (Wildman–Crippen MR) is 99.2 cm³/mol. The van der Waals surface area contributed by atoms with Gasteiger partial charge in [0.05, 0.1) is 24.3 Å². The monoisotopic (exact) mass is 342 g/mol. The second kappa shape index (κ2) is 8.43. The molecule has 0 bridgehead atoms. The smallest absolute Gasteiger partial charge is 0.229 e. The molecule has 0 fully saturated rings. The molecule has 2 heterocycles. The maximum atomic E-state index is 6.04. The molecule has 0 N–H and O–H groups in total. The van der Waals surface area contributed by atoms with E-state index in [1.54, 1.807) is 7.11 Å². The zero-order valence-corrected chi connectivity index (χ0v) is 15.2. The summed E-state index contributed by atoms with van der Waals surface area (Å²) < 4.78 is 17.2. The molecule has 0 spiro atoms. The number of methoxy groups -OCH3 is 1. The van der Waals surface area contributed by atoms with Gasteiger partial charge < -0.3 is 19.1 Å². The summed E-state index contributed by atoms with van der Waals surface area (Å²) in [6, 6.07) is 10.2. The zero-order chi connectivity index (χ0) is 17.6. The highest BCUT2D eigenvalue weighted by Crippen LogP contribution is 2.39. The number of likely N-dealkylation sites (N-methyl/N-ethyl adjacent to an activating group) is 1. The molecule has 3 rings (SSSR count). The van der Waals surface area contributed by atoms with E-state index in [-0.39, 0.29) is 0 Å². The van der Waals surface area contributed by atoms with Crippen molar-refractivity contribution >= 4 is 16.7 Å². The molecule has 1 unspecified atom stereocenters. The van der Waals surface area contributed by atoms with E-state index in [0.29, 0.717) is 13.2 Å². The summed E-state index contributed by atoms with van der Waals surface area (Å²) in [5, 5.41) is 1.09. The van der Waals surface area contributed by atoms with Crippen LogP contribution in [0, 0.1) is 0 Å². The Kier molecular flexibility index (Phi) is 6.02. The third kappa shape index (κ3) is 4.00. The number of rotatable bonds is 8. The van der Waals surface area contributed by atoms with E-state index in [1.807, 2.05) is 24.3 Å². The Morgan fingerprint density at radius 2 is 2.04 bits per heavy atom. The summed E-state index contributed by atoms with van der Waals surface area (Å²) in [4.78, 5) is 7.11. The minimum Gasteiger partial charge on any atom is -0.458 e. The molecule has 134 valence electrons. The van der Waals surface area contributed by atoms with Crippen molar-refractivity contribution in [2.45, 2.75) is 20.1 Å². The Labute approximate surface area is 149 Å². The van der Waals surface area contributed by atoms with Crippen LogP contribution in [-0.4, -0.2) is 49.8 Å². The lowest BCUT2D eigenvalue weighted by Crippen LogP contribution is -2.27. The van der Waals surface area contributed by atoms with E-state index >= 15 is 0 Å². The summed E-state index contributed by atoms with van der Waals surface area (Å²) in [6.07, 6.45) is 1.50. The average molecular weight is 342 g/mol. The van der Waals surface area contributed by atoms with Crippen LogP contribution in [0.3, 0.4) is 0 Å². The van der Waals surface area contributed by atoms with Gasteiger partial charge >= 0.3 is 0 Å². The van der Waals surface area contributed by atoms with Gasteiger partial charge in [0.15, 0.2) is 0 Å². The molecule has 0 saturated carbocycles. The molecular formula is C20H26N2O3. The van der Waals surface area contributed by atoms with Gasteiger partial charge in [-0.15, -0.1) is 0 Å². The first kappa shape index (κ1) is 17.9. The number of fused-ring (bicyclic) bond motifs is 2. The van der Waals surface area contributed by atoms with E-state index in [4.69, 9.17) is 19.2 Å². The van der Waals surface area contributed by atoms with Gasteiger partial charge in [-0.2, -0.15) is 0 Å². The van der Waals surface area contributed by atoms with Crippen LogP contribution in [0.25, 0.3) is 16.7 Å². The topological polar surface area (TPSA) is 43.8 Å². The van der Waals surface area contributed by atoms with Crippen molar-refractivity contribution in [2.24, 2.45) is 0 Å². The molecule has 0 radical (unpaired) electrons. The van der Waals surface area contributed by atoms with Gasteiger partial charge in [0.2, 0.25) is 6.29 Å². The number of pyridine rings is 1. The highest BCUT2D eigenvalue weighted by atomic mass is 16.7. The van der Waals surface area contributed by atoms with Crippen molar-refractivity contribution in [3.63, 3.8) is 0 Å². The Bertz CT molecular complexity index is 741. The first-order chi connectivity index (χ1) is 12.3. The van der Waals surface area contributed by atoms with E-state index in [1.165, 1.54) is 0 Å². The van der Waals surface area contributed by atoms with Crippen molar-refractivity contribution in [3.05, 3.63) is 47.7 Å². The molecular weight excluding hydrogens is 316 g/mol. The van der Waals surface area contributed by atoms with Gasteiger partial charge in [-0.05, 0) is 31.3 Å². The Hall–Kier alpha value is -1.95. The fourth-order valence-electron chi connectivity index (χ4n) is 3.00. The summed E-state index contributed by atoms with van der Waals surface area (Å²) in [7, 11) is 1.67. The Morgan fingerprint density at radius 1 is 1.24 bits per heavy atom. The first-order valence-corrected chi connectivity index (χ1v) is 8.86. The Balaban J connectivity index is 1.83. The minimum atomic E-state index is -0.411. The third-order valence-electron chi connectivity index (χ3n) is 4.48.